The number of fused-ring (bicyclic) bond motifs is 2. The van der Waals surface area contributed by atoms with E-state index < -0.39 is 6.10 Å². The molecular formula is C36H44O7. The second kappa shape index (κ2) is 13.2. The molecule has 7 heteroatoms. The first-order valence-electron chi connectivity index (χ1n) is 15.1. The molecule has 0 radical (unpaired) electrons. The molecule has 2 fully saturated rings. The largest absolute Gasteiger partial charge is 0.508 e. The Kier molecular flexibility index (Phi) is 9.83. The highest BCUT2D eigenvalue weighted by Gasteiger charge is 2.52. The number of aromatic hydroxyl groups is 2. The van der Waals surface area contributed by atoms with Gasteiger partial charge in [0, 0.05) is 18.6 Å². The van der Waals surface area contributed by atoms with Gasteiger partial charge < -0.3 is 24.5 Å². The minimum atomic E-state index is -0.447. The summed E-state index contributed by atoms with van der Waals surface area (Å²) in [6, 6.07) is 9.47. The van der Waals surface area contributed by atoms with Crippen LogP contribution in [-0.2, 0) is 9.59 Å². The smallest absolute Gasteiger partial charge is 0.174 e. The number of hydrogen-bond acceptors (Lipinski definition) is 7. The third-order valence-corrected chi connectivity index (χ3v) is 9.88. The maximum atomic E-state index is 12.2. The summed E-state index contributed by atoms with van der Waals surface area (Å²) in [7, 11) is 1.48. The molecule has 3 aliphatic rings. The van der Waals surface area contributed by atoms with Crippen LogP contribution in [-0.4, -0.2) is 35.7 Å². The van der Waals surface area contributed by atoms with Gasteiger partial charge in [-0.05, 0) is 78.0 Å². The molecule has 1 aliphatic heterocycles. The molecule has 0 bridgehead atoms. The monoisotopic (exact) mass is 588 g/mol. The van der Waals surface area contributed by atoms with E-state index in [1.54, 1.807) is 30.3 Å². The number of ketones is 1. The highest BCUT2D eigenvalue weighted by atomic mass is 16.5. The second-order valence-electron chi connectivity index (χ2n) is 13.0. The zero-order valence-electron chi connectivity index (χ0n) is 25.7. The number of carbonyl (C=O) groups is 3. The molecule has 2 aliphatic carbocycles. The first-order chi connectivity index (χ1) is 20.4. The first-order valence-corrected chi connectivity index (χ1v) is 15.1. The number of benzene rings is 2. The van der Waals surface area contributed by atoms with Crippen LogP contribution in [0.1, 0.15) is 94.2 Å². The fourth-order valence-electron chi connectivity index (χ4n) is 7.66. The number of aldehydes is 2. The number of Topliss-reactive ketones (excluding diaryl/α,β-unsaturated/α-hetero) is 1. The summed E-state index contributed by atoms with van der Waals surface area (Å²) in [6.45, 7) is 11.6. The fourth-order valence-corrected chi connectivity index (χ4v) is 7.66. The van der Waals surface area contributed by atoms with E-state index in [4.69, 9.17) is 9.47 Å². The predicted molar refractivity (Wildman–Crippen MR) is 166 cm³/mol. The molecule has 0 saturated heterocycles. The Morgan fingerprint density at radius 3 is 2.49 bits per heavy atom. The van der Waals surface area contributed by atoms with Crippen molar-refractivity contribution in [3.05, 3.63) is 71.3 Å². The molecule has 230 valence electrons. The summed E-state index contributed by atoms with van der Waals surface area (Å²) < 4.78 is 10.9. The molecule has 43 heavy (non-hydrogen) atoms. The van der Waals surface area contributed by atoms with Crippen LogP contribution in [0.15, 0.2) is 60.2 Å². The Labute approximate surface area is 254 Å². The molecule has 4 unspecified atom stereocenters. The van der Waals surface area contributed by atoms with Crippen molar-refractivity contribution in [3.8, 4) is 23.0 Å². The molecule has 0 amide bonds. The molecule has 2 aromatic carbocycles. The van der Waals surface area contributed by atoms with Gasteiger partial charge in [0.25, 0.3) is 0 Å². The molecule has 0 spiro atoms. The summed E-state index contributed by atoms with van der Waals surface area (Å²) >= 11 is 0. The molecule has 1 heterocycles. The van der Waals surface area contributed by atoms with Crippen molar-refractivity contribution < 1.29 is 34.1 Å². The van der Waals surface area contributed by atoms with Gasteiger partial charge in [0.15, 0.2) is 5.78 Å². The van der Waals surface area contributed by atoms with Gasteiger partial charge in [0.05, 0.1) is 13.5 Å². The second-order valence-corrected chi connectivity index (χ2v) is 13.0. The van der Waals surface area contributed by atoms with Crippen molar-refractivity contribution in [1.29, 1.82) is 0 Å². The minimum Gasteiger partial charge on any atom is -0.508 e. The van der Waals surface area contributed by atoms with Gasteiger partial charge in [-0.15, -0.1) is 0 Å². The highest BCUT2D eigenvalue weighted by Crippen LogP contribution is 2.61. The van der Waals surface area contributed by atoms with Crippen molar-refractivity contribution in [2.75, 3.05) is 7.11 Å². The molecular weight excluding hydrogens is 544 g/mol. The molecule has 2 aromatic rings. The van der Waals surface area contributed by atoms with E-state index in [2.05, 4.69) is 27.4 Å². The number of phenolic OH excluding ortho intramolecular Hbond substituents is 2. The van der Waals surface area contributed by atoms with Crippen molar-refractivity contribution in [2.45, 2.75) is 78.2 Å². The zero-order chi connectivity index (χ0) is 31.4. The van der Waals surface area contributed by atoms with Crippen LogP contribution in [0, 0.1) is 22.7 Å². The highest BCUT2D eigenvalue weighted by molar-refractivity contribution is 6.02. The first kappa shape index (κ1) is 32.1. The normalized spacial score (nSPS) is 26.1. The lowest BCUT2D eigenvalue weighted by Crippen LogP contribution is -2.49. The van der Waals surface area contributed by atoms with E-state index in [9.17, 15) is 24.6 Å². The summed E-state index contributed by atoms with van der Waals surface area (Å²) in [5.41, 5.74) is 3.60. The Morgan fingerprint density at radius 1 is 1.12 bits per heavy atom. The van der Waals surface area contributed by atoms with Crippen LogP contribution < -0.4 is 9.47 Å². The standard InChI is InChI=1S/C20H30O2.C16H14O5/c1-15-6-9-18-19(2,3)11-5-12-20(18,4)17(15)8-7-16(14-22)10-13-21;1-20-11-6-12(18)16-13(19)8-14(21-15(16)7-11)9-2-4-10(17)5-3-9/h7,13-14,17-18H,1,5-6,8-12H2,2-4H3;2-7,14,17-18H,8H2,1H3/b16-7+;. The van der Waals surface area contributed by atoms with E-state index in [-0.39, 0.29) is 41.1 Å². The number of hydrogen-bond donors (Lipinski definition) is 2. The average molecular weight is 589 g/mol. The third kappa shape index (κ3) is 6.87. The zero-order valence-corrected chi connectivity index (χ0v) is 25.7. The van der Waals surface area contributed by atoms with Gasteiger partial charge >= 0.3 is 0 Å². The van der Waals surface area contributed by atoms with E-state index in [1.165, 1.54) is 44.4 Å². The Hall–Kier alpha value is -3.87. The molecule has 2 saturated carbocycles. The minimum absolute atomic E-state index is 0.137. The summed E-state index contributed by atoms with van der Waals surface area (Å²) in [5, 5.41) is 19.2. The van der Waals surface area contributed by atoms with Crippen LogP contribution in [0.5, 0.6) is 23.0 Å². The van der Waals surface area contributed by atoms with Crippen molar-refractivity contribution in [1.82, 2.24) is 0 Å². The van der Waals surface area contributed by atoms with Gasteiger partial charge in [-0.2, -0.15) is 0 Å². The lowest BCUT2D eigenvalue weighted by molar-refractivity contribution is -0.109. The maximum Gasteiger partial charge on any atom is 0.174 e. The van der Waals surface area contributed by atoms with Crippen LogP contribution in [0.2, 0.25) is 0 Å². The lowest BCUT2D eigenvalue weighted by atomic mass is 9.47. The third-order valence-electron chi connectivity index (χ3n) is 9.88. The molecule has 0 aromatic heterocycles. The quantitative estimate of drug-likeness (QED) is 0.194. The summed E-state index contributed by atoms with van der Waals surface area (Å²) in [5.74, 6) is 1.72. The SMILES string of the molecule is C=C1CCC2C(C)(C)CCCC2(C)C1C/C=C(/C=O)CC=O.COc1cc(O)c2c(c1)OC(c1ccc(O)cc1)CC2=O. The van der Waals surface area contributed by atoms with Gasteiger partial charge in [0.1, 0.15) is 47.2 Å². The van der Waals surface area contributed by atoms with E-state index in [1.807, 2.05) is 6.08 Å². The fraction of sp³-hybridized carbons (Fsp3) is 0.472. The Bertz CT molecular complexity index is 1390. The van der Waals surface area contributed by atoms with Gasteiger partial charge in [-0.1, -0.05) is 57.6 Å². The van der Waals surface area contributed by atoms with E-state index in [0.29, 0.717) is 28.4 Å². The van der Waals surface area contributed by atoms with Gasteiger partial charge in [0.2, 0.25) is 0 Å². The predicted octanol–water partition coefficient (Wildman–Crippen LogP) is 7.70. The Balaban J connectivity index is 0.000000197. The topological polar surface area (TPSA) is 110 Å². The number of ether oxygens (including phenoxy) is 2. The lowest BCUT2D eigenvalue weighted by Gasteiger charge is -2.58. The molecule has 4 atom stereocenters. The van der Waals surface area contributed by atoms with Crippen molar-refractivity contribution >= 4 is 18.4 Å². The van der Waals surface area contributed by atoms with Crippen LogP contribution in [0.25, 0.3) is 0 Å². The molecule has 5 rings (SSSR count). The van der Waals surface area contributed by atoms with E-state index >= 15 is 0 Å². The summed E-state index contributed by atoms with van der Waals surface area (Å²) in [6.07, 6.45) is 10.6. The van der Waals surface area contributed by atoms with Gasteiger partial charge in [-0.3, -0.25) is 9.59 Å². The number of carbonyl (C=O) groups excluding carboxylic acids is 3. The van der Waals surface area contributed by atoms with Crippen LogP contribution >= 0.6 is 0 Å². The van der Waals surface area contributed by atoms with Gasteiger partial charge in [-0.25, -0.2) is 0 Å². The molecule has 2 N–H and O–H groups in total. The van der Waals surface area contributed by atoms with Crippen LogP contribution in [0.3, 0.4) is 0 Å². The van der Waals surface area contributed by atoms with Crippen LogP contribution in [0.4, 0.5) is 0 Å². The van der Waals surface area contributed by atoms with E-state index in [0.717, 1.165) is 36.9 Å². The van der Waals surface area contributed by atoms with Crippen molar-refractivity contribution in [3.63, 3.8) is 0 Å². The number of phenols is 2. The number of allylic oxidation sites excluding steroid dienone is 3. The number of methoxy groups -OCH3 is 1. The molecule has 7 nitrogen and oxygen atoms in total. The Morgan fingerprint density at radius 2 is 1.84 bits per heavy atom. The average Bonchev–Trinajstić information content (AvgIpc) is 2.96. The summed E-state index contributed by atoms with van der Waals surface area (Å²) in [4.78, 5) is 33.9. The maximum absolute atomic E-state index is 12.2. The van der Waals surface area contributed by atoms with Crippen molar-refractivity contribution in [2.24, 2.45) is 22.7 Å². The number of rotatable bonds is 7.